The Morgan fingerprint density at radius 3 is 2.53 bits per heavy atom. The quantitative estimate of drug-likeness (QED) is 0.447. The number of rotatable bonds is 4. The first-order valence-corrected chi connectivity index (χ1v) is 6.48. The highest BCUT2D eigenvalue weighted by molar-refractivity contribution is 7.80. The minimum atomic E-state index is -2.36. The van der Waals surface area contributed by atoms with Crippen molar-refractivity contribution in [3.05, 3.63) is 42.5 Å². The van der Waals surface area contributed by atoms with Gasteiger partial charge in [0, 0.05) is 0 Å². The summed E-state index contributed by atoms with van der Waals surface area (Å²) in [7, 11) is 0. The van der Waals surface area contributed by atoms with Crippen molar-refractivity contribution in [3.8, 4) is 0 Å². The van der Waals surface area contributed by atoms with Crippen LogP contribution in [-0.4, -0.2) is 26.4 Å². The Morgan fingerprint density at radius 1 is 1.21 bits per heavy atom. The molecular weight excluding hydrogens is 268 g/mol. The summed E-state index contributed by atoms with van der Waals surface area (Å²) in [4.78, 5) is 11.1. The van der Waals surface area contributed by atoms with Crippen LogP contribution in [0.4, 0.5) is 5.69 Å². The predicted octanol–water partition coefficient (Wildman–Crippen LogP) is 1.29. The van der Waals surface area contributed by atoms with Crippen molar-refractivity contribution in [1.29, 1.82) is 0 Å². The van der Waals surface area contributed by atoms with Gasteiger partial charge in [-0.15, -0.1) is 0 Å². The van der Waals surface area contributed by atoms with Crippen LogP contribution in [0, 0.1) is 0 Å². The molecule has 1 atom stereocenters. The highest BCUT2D eigenvalue weighted by Gasteiger charge is 2.16. The van der Waals surface area contributed by atoms with Crippen LogP contribution in [0.15, 0.2) is 42.5 Å². The molecule has 0 saturated carbocycles. The molecular formula is C12H12N2O4S. The first kappa shape index (κ1) is 13.5. The molecule has 0 bridgehead atoms. The maximum Gasteiger partial charge on any atom is 0.264 e. The second-order valence-corrected chi connectivity index (χ2v) is 4.74. The van der Waals surface area contributed by atoms with Gasteiger partial charge in [-0.2, -0.15) is 0 Å². The largest absolute Gasteiger partial charge is 0.289 e. The number of anilines is 1. The molecule has 0 fully saturated rings. The monoisotopic (exact) mass is 280 g/mol. The third kappa shape index (κ3) is 3.08. The molecule has 0 radical (unpaired) electrons. The summed E-state index contributed by atoms with van der Waals surface area (Å²) >= 11 is -2.36. The molecule has 6 nitrogen and oxygen atoms in total. The van der Waals surface area contributed by atoms with Crippen molar-refractivity contribution in [2.45, 2.75) is 0 Å². The zero-order valence-electron chi connectivity index (χ0n) is 9.81. The fraction of sp³-hybridized carbons (Fsp3) is 0.0833. The molecule has 1 unspecified atom stereocenters. The van der Waals surface area contributed by atoms with Crippen LogP contribution in [0.2, 0.25) is 0 Å². The lowest BCUT2D eigenvalue weighted by Gasteiger charge is -2.19. The molecule has 0 aliphatic heterocycles. The van der Waals surface area contributed by atoms with E-state index < -0.39 is 23.7 Å². The van der Waals surface area contributed by atoms with Crippen LogP contribution < -0.4 is 9.79 Å². The summed E-state index contributed by atoms with van der Waals surface area (Å²) in [6, 6.07) is 12.7. The van der Waals surface area contributed by atoms with E-state index in [1.165, 1.54) is 5.48 Å². The van der Waals surface area contributed by atoms with Gasteiger partial charge in [-0.25, -0.2) is 9.69 Å². The molecule has 2 aromatic rings. The lowest BCUT2D eigenvalue weighted by Crippen LogP contribution is -2.36. The van der Waals surface area contributed by atoms with Crippen LogP contribution in [0.1, 0.15) is 0 Å². The summed E-state index contributed by atoms with van der Waals surface area (Å²) in [5, 5.41) is 10.4. The van der Waals surface area contributed by atoms with E-state index >= 15 is 0 Å². The van der Waals surface area contributed by atoms with E-state index in [-0.39, 0.29) is 0 Å². The second-order valence-electron chi connectivity index (χ2n) is 3.83. The van der Waals surface area contributed by atoms with Crippen molar-refractivity contribution in [3.63, 3.8) is 0 Å². The van der Waals surface area contributed by atoms with E-state index in [0.29, 0.717) is 5.69 Å². The molecule has 3 N–H and O–H groups in total. The predicted molar refractivity (Wildman–Crippen MR) is 72.0 cm³/mol. The van der Waals surface area contributed by atoms with Gasteiger partial charge in [0.2, 0.25) is 0 Å². The number of nitrogens with one attached hydrogen (secondary N) is 1. The average molecular weight is 280 g/mol. The molecule has 2 aromatic carbocycles. The number of fused-ring (bicyclic) bond motifs is 1. The molecule has 0 aliphatic carbocycles. The minimum absolute atomic E-state index is 0.419. The van der Waals surface area contributed by atoms with Crippen molar-refractivity contribution >= 4 is 33.6 Å². The number of amides is 1. The highest BCUT2D eigenvalue weighted by Crippen LogP contribution is 2.22. The Labute approximate surface area is 112 Å². The molecule has 7 heteroatoms. The van der Waals surface area contributed by atoms with Gasteiger partial charge in [0.25, 0.3) is 17.2 Å². The van der Waals surface area contributed by atoms with Crippen molar-refractivity contribution in [2.24, 2.45) is 0 Å². The lowest BCUT2D eigenvalue weighted by molar-refractivity contribution is -0.127. The molecule has 0 aliphatic rings. The van der Waals surface area contributed by atoms with E-state index in [1.807, 2.05) is 24.3 Å². The van der Waals surface area contributed by atoms with Crippen LogP contribution in [0.25, 0.3) is 10.8 Å². The molecule has 0 aromatic heterocycles. The molecule has 2 rings (SSSR count). The minimum Gasteiger partial charge on any atom is -0.289 e. The van der Waals surface area contributed by atoms with Crippen molar-refractivity contribution < 1.29 is 18.8 Å². The standard InChI is InChI=1S/C12H12N2O4S/c15-12(13-16)8-14(19(17)18)11-6-5-9-3-1-2-4-10(9)7-11/h1-7,16H,8H2,(H,13,15)(H,17,18). The van der Waals surface area contributed by atoms with E-state index in [4.69, 9.17) is 5.21 Å². The number of carbonyl (C=O) groups is 1. The lowest BCUT2D eigenvalue weighted by atomic mass is 10.1. The van der Waals surface area contributed by atoms with Crippen LogP contribution in [0.3, 0.4) is 0 Å². The maximum atomic E-state index is 11.3. The number of benzene rings is 2. The van der Waals surface area contributed by atoms with Crippen LogP contribution in [-0.2, 0) is 16.1 Å². The Morgan fingerprint density at radius 2 is 1.89 bits per heavy atom. The number of hydroxylamine groups is 1. The van der Waals surface area contributed by atoms with E-state index in [0.717, 1.165) is 15.1 Å². The summed E-state index contributed by atoms with van der Waals surface area (Å²) in [5.74, 6) is -0.768. The fourth-order valence-electron chi connectivity index (χ4n) is 1.73. The summed E-state index contributed by atoms with van der Waals surface area (Å²) in [6.07, 6.45) is 0. The third-order valence-corrected chi connectivity index (χ3v) is 3.34. The van der Waals surface area contributed by atoms with E-state index in [1.54, 1.807) is 18.2 Å². The van der Waals surface area contributed by atoms with Gasteiger partial charge >= 0.3 is 0 Å². The van der Waals surface area contributed by atoms with Gasteiger partial charge in [0.05, 0.1) is 5.69 Å². The van der Waals surface area contributed by atoms with Crippen molar-refractivity contribution in [2.75, 3.05) is 10.8 Å². The maximum absolute atomic E-state index is 11.3. The van der Waals surface area contributed by atoms with Gasteiger partial charge in [-0.3, -0.25) is 18.9 Å². The van der Waals surface area contributed by atoms with Crippen LogP contribution >= 0.6 is 0 Å². The number of hydrogen-bond donors (Lipinski definition) is 3. The molecule has 1 amide bonds. The SMILES string of the molecule is O=C(CN(c1ccc2ccccc2c1)S(=O)O)NO. The molecule has 0 spiro atoms. The van der Waals surface area contributed by atoms with Crippen molar-refractivity contribution in [1.82, 2.24) is 5.48 Å². The molecule has 0 saturated heterocycles. The number of hydrogen-bond acceptors (Lipinski definition) is 3. The molecule has 100 valence electrons. The summed E-state index contributed by atoms with van der Waals surface area (Å²) in [5.41, 5.74) is 1.85. The Hall–Kier alpha value is -1.96. The van der Waals surface area contributed by atoms with Gasteiger partial charge < -0.3 is 0 Å². The van der Waals surface area contributed by atoms with Gasteiger partial charge in [0.1, 0.15) is 6.54 Å². The molecule has 19 heavy (non-hydrogen) atoms. The topological polar surface area (TPSA) is 89.9 Å². The first-order valence-electron chi connectivity index (χ1n) is 5.42. The van der Waals surface area contributed by atoms with Gasteiger partial charge in [0.15, 0.2) is 0 Å². The Bertz CT molecular complexity index is 632. The summed E-state index contributed by atoms with van der Waals surface area (Å²) in [6.45, 7) is -0.419. The normalized spacial score (nSPS) is 12.1. The van der Waals surface area contributed by atoms with E-state index in [2.05, 4.69) is 0 Å². The van der Waals surface area contributed by atoms with Gasteiger partial charge in [-0.1, -0.05) is 30.3 Å². The Balaban J connectivity index is 2.38. The Kier molecular flexibility index (Phi) is 4.10. The number of nitrogens with zero attached hydrogens (tertiary/aromatic N) is 1. The average Bonchev–Trinajstić information content (AvgIpc) is 2.43. The summed E-state index contributed by atoms with van der Waals surface area (Å²) < 4.78 is 21.5. The fourth-order valence-corrected chi connectivity index (χ4v) is 2.26. The second kappa shape index (κ2) is 5.79. The first-order chi connectivity index (χ1) is 9.11. The van der Waals surface area contributed by atoms with Gasteiger partial charge in [-0.05, 0) is 22.9 Å². The molecule has 0 heterocycles. The van der Waals surface area contributed by atoms with Crippen LogP contribution in [0.5, 0.6) is 0 Å². The number of carbonyl (C=O) groups excluding carboxylic acids is 1. The highest BCUT2D eigenvalue weighted by atomic mass is 32.2. The smallest absolute Gasteiger partial charge is 0.264 e. The zero-order valence-corrected chi connectivity index (χ0v) is 10.6. The zero-order chi connectivity index (χ0) is 13.8. The third-order valence-electron chi connectivity index (χ3n) is 2.62. The van der Waals surface area contributed by atoms with E-state index in [9.17, 15) is 13.6 Å².